The Labute approximate surface area is 147 Å². The van der Waals surface area contributed by atoms with Crippen LogP contribution < -0.4 is 11.1 Å². The van der Waals surface area contributed by atoms with E-state index in [1.54, 1.807) is 0 Å². The van der Waals surface area contributed by atoms with E-state index < -0.39 is 42.7 Å². The number of esters is 1. The average Bonchev–Trinajstić information content (AvgIpc) is 2.53. The van der Waals surface area contributed by atoms with Crippen molar-refractivity contribution in [3.63, 3.8) is 0 Å². The fourth-order valence-electron chi connectivity index (χ4n) is 2.60. The van der Waals surface area contributed by atoms with Gasteiger partial charge in [0.15, 0.2) is 6.29 Å². The molecular formula is C16H30N2O7. The first kappa shape index (κ1) is 21.8. The van der Waals surface area contributed by atoms with Crippen LogP contribution in [0.3, 0.4) is 0 Å². The first-order valence-corrected chi connectivity index (χ1v) is 8.58. The second-order valence-electron chi connectivity index (χ2n) is 6.76. The smallest absolute Gasteiger partial charge is 0.323 e. The van der Waals surface area contributed by atoms with Gasteiger partial charge in [-0.3, -0.25) is 9.59 Å². The number of carbonyl (C=O) groups is 2. The summed E-state index contributed by atoms with van der Waals surface area (Å²) in [6, 6.07) is -1.96. The Morgan fingerprint density at radius 2 is 1.88 bits per heavy atom. The van der Waals surface area contributed by atoms with Gasteiger partial charge in [-0.2, -0.15) is 0 Å². The van der Waals surface area contributed by atoms with Gasteiger partial charge in [0.2, 0.25) is 5.91 Å². The molecule has 1 heterocycles. The van der Waals surface area contributed by atoms with Crippen molar-refractivity contribution >= 4 is 11.9 Å². The molecule has 1 amide bonds. The quantitative estimate of drug-likeness (QED) is 0.332. The molecule has 0 bridgehead atoms. The summed E-state index contributed by atoms with van der Waals surface area (Å²) in [5.74, 6) is -0.798. The van der Waals surface area contributed by atoms with E-state index in [0.717, 1.165) is 0 Å². The van der Waals surface area contributed by atoms with Gasteiger partial charge in [0.05, 0.1) is 0 Å². The average molecular weight is 362 g/mol. The molecule has 0 aromatic carbocycles. The summed E-state index contributed by atoms with van der Waals surface area (Å²) in [5, 5.41) is 32.6. The zero-order chi connectivity index (χ0) is 19.1. The van der Waals surface area contributed by atoms with Crippen LogP contribution >= 0.6 is 0 Å². The second-order valence-corrected chi connectivity index (χ2v) is 6.76. The van der Waals surface area contributed by atoms with Crippen LogP contribution in [-0.4, -0.2) is 70.5 Å². The molecule has 1 rings (SSSR count). The molecule has 0 aliphatic carbocycles. The third-order valence-electron chi connectivity index (χ3n) is 3.94. The lowest BCUT2D eigenvalue weighted by atomic mass is 9.97. The second kappa shape index (κ2) is 10.0. The Hall–Kier alpha value is -1.26. The molecule has 0 saturated carbocycles. The predicted octanol–water partition coefficient (Wildman–Crippen LogP) is -1.37. The summed E-state index contributed by atoms with van der Waals surface area (Å²) in [6.45, 7) is 5.28. The Bertz CT molecular complexity index is 446. The van der Waals surface area contributed by atoms with Gasteiger partial charge in [-0.15, -0.1) is 0 Å². The van der Waals surface area contributed by atoms with Crippen molar-refractivity contribution in [1.82, 2.24) is 5.32 Å². The van der Waals surface area contributed by atoms with E-state index in [9.17, 15) is 24.9 Å². The number of nitrogens with one attached hydrogen (secondary N) is 1. The molecule has 1 fully saturated rings. The van der Waals surface area contributed by atoms with Crippen LogP contribution in [0.2, 0.25) is 0 Å². The molecule has 1 unspecified atom stereocenters. The standard InChI is InChI=1S/C16H30N2O7/c1-4-5-11(19)18-12-14(21)13(20)10(25-16(12)23)7-24-15(22)9(17)6-8(2)3/h8-10,12-14,16,20-21,23H,4-7,17H2,1-3H3,(H,18,19)/t9-,10+,12+,13+,14+,16?/m0/s1. The number of nitrogens with two attached hydrogens (primary N) is 1. The number of amides is 1. The van der Waals surface area contributed by atoms with Crippen LogP contribution in [0.1, 0.15) is 40.0 Å². The van der Waals surface area contributed by atoms with Gasteiger partial charge in [-0.25, -0.2) is 0 Å². The molecule has 6 atom stereocenters. The number of hydrogen-bond donors (Lipinski definition) is 5. The SMILES string of the molecule is CCCC(=O)N[C@H]1C(O)O[C@H](COC(=O)[C@@H](N)CC(C)C)[C@@H](O)[C@@H]1O. The lowest BCUT2D eigenvalue weighted by Crippen LogP contribution is -2.64. The summed E-state index contributed by atoms with van der Waals surface area (Å²) < 4.78 is 10.2. The minimum Gasteiger partial charge on any atom is -0.462 e. The molecule has 1 saturated heterocycles. The number of carbonyl (C=O) groups excluding carboxylic acids is 2. The summed E-state index contributed by atoms with van der Waals surface area (Å²) in [7, 11) is 0. The van der Waals surface area contributed by atoms with E-state index in [0.29, 0.717) is 12.8 Å². The molecule has 1 aliphatic heterocycles. The van der Waals surface area contributed by atoms with Crippen molar-refractivity contribution < 1.29 is 34.4 Å². The van der Waals surface area contributed by atoms with Gasteiger partial charge >= 0.3 is 5.97 Å². The van der Waals surface area contributed by atoms with Crippen LogP contribution in [0.15, 0.2) is 0 Å². The van der Waals surface area contributed by atoms with Crippen LogP contribution in [0, 0.1) is 5.92 Å². The molecular weight excluding hydrogens is 332 g/mol. The van der Waals surface area contributed by atoms with Crippen LogP contribution in [0.5, 0.6) is 0 Å². The summed E-state index contributed by atoms with van der Waals surface area (Å²) >= 11 is 0. The number of ether oxygens (including phenoxy) is 2. The van der Waals surface area contributed by atoms with E-state index in [1.807, 2.05) is 20.8 Å². The summed E-state index contributed by atoms with van der Waals surface area (Å²) in [6.07, 6.45) is -4.29. The van der Waals surface area contributed by atoms with Gasteiger partial charge < -0.3 is 35.8 Å². The highest BCUT2D eigenvalue weighted by Crippen LogP contribution is 2.21. The van der Waals surface area contributed by atoms with Crippen LogP contribution in [0.25, 0.3) is 0 Å². The molecule has 1 aliphatic rings. The van der Waals surface area contributed by atoms with Crippen molar-refractivity contribution in [3.05, 3.63) is 0 Å². The molecule has 6 N–H and O–H groups in total. The fourth-order valence-corrected chi connectivity index (χ4v) is 2.60. The van der Waals surface area contributed by atoms with Gasteiger partial charge in [-0.1, -0.05) is 20.8 Å². The third kappa shape index (κ3) is 6.52. The van der Waals surface area contributed by atoms with E-state index in [4.69, 9.17) is 15.2 Å². The lowest BCUT2D eigenvalue weighted by molar-refractivity contribution is -0.255. The highest BCUT2D eigenvalue weighted by Gasteiger charge is 2.45. The highest BCUT2D eigenvalue weighted by molar-refractivity contribution is 5.76. The molecule has 0 spiro atoms. The maximum Gasteiger partial charge on any atom is 0.323 e. The molecule has 25 heavy (non-hydrogen) atoms. The topological polar surface area (TPSA) is 151 Å². The maximum atomic E-state index is 11.8. The van der Waals surface area contributed by atoms with E-state index >= 15 is 0 Å². The van der Waals surface area contributed by atoms with E-state index in [1.165, 1.54) is 0 Å². The number of hydrogen-bond acceptors (Lipinski definition) is 8. The largest absolute Gasteiger partial charge is 0.462 e. The van der Waals surface area contributed by atoms with Crippen LogP contribution in [-0.2, 0) is 19.1 Å². The Balaban J connectivity index is 2.56. The minimum absolute atomic E-state index is 0.218. The molecule has 0 radical (unpaired) electrons. The van der Waals surface area contributed by atoms with Crippen molar-refractivity contribution in [3.8, 4) is 0 Å². The minimum atomic E-state index is -1.53. The first-order valence-electron chi connectivity index (χ1n) is 8.58. The van der Waals surface area contributed by atoms with E-state index in [2.05, 4.69) is 5.32 Å². The van der Waals surface area contributed by atoms with Crippen molar-refractivity contribution in [1.29, 1.82) is 0 Å². The number of rotatable bonds is 8. The molecule has 0 aromatic heterocycles. The number of aliphatic hydroxyl groups is 3. The zero-order valence-electron chi connectivity index (χ0n) is 14.9. The Morgan fingerprint density at radius 3 is 2.44 bits per heavy atom. The third-order valence-corrected chi connectivity index (χ3v) is 3.94. The van der Waals surface area contributed by atoms with Gasteiger partial charge in [0, 0.05) is 6.42 Å². The fraction of sp³-hybridized carbons (Fsp3) is 0.875. The maximum absolute atomic E-state index is 11.8. The molecule has 9 heteroatoms. The highest BCUT2D eigenvalue weighted by atomic mass is 16.6. The van der Waals surface area contributed by atoms with E-state index in [-0.39, 0.29) is 24.9 Å². The van der Waals surface area contributed by atoms with Crippen LogP contribution in [0.4, 0.5) is 0 Å². The van der Waals surface area contributed by atoms with Gasteiger partial charge in [0.25, 0.3) is 0 Å². The van der Waals surface area contributed by atoms with Gasteiger partial charge in [-0.05, 0) is 18.8 Å². The predicted molar refractivity (Wildman–Crippen MR) is 88.1 cm³/mol. The molecule has 146 valence electrons. The van der Waals surface area contributed by atoms with Gasteiger partial charge in [0.1, 0.15) is 37.0 Å². The monoisotopic (exact) mass is 362 g/mol. The lowest BCUT2D eigenvalue weighted by Gasteiger charge is -2.40. The summed E-state index contributed by atoms with van der Waals surface area (Å²) in [5.41, 5.74) is 5.70. The first-order chi connectivity index (χ1) is 11.7. The zero-order valence-corrected chi connectivity index (χ0v) is 14.9. The molecule has 9 nitrogen and oxygen atoms in total. The normalized spacial score (nSPS) is 30.8. The van der Waals surface area contributed by atoms with Crippen molar-refractivity contribution in [2.75, 3.05) is 6.61 Å². The molecule has 0 aromatic rings. The Morgan fingerprint density at radius 1 is 1.24 bits per heavy atom. The van der Waals surface area contributed by atoms with Crippen molar-refractivity contribution in [2.45, 2.75) is 76.7 Å². The number of aliphatic hydroxyl groups excluding tert-OH is 3. The summed E-state index contributed by atoms with van der Waals surface area (Å²) in [4.78, 5) is 23.4. The Kier molecular flexibility index (Phi) is 8.74. The van der Waals surface area contributed by atoms with Crippen molar-refractivity contribution in [2.24, 2.45) is 11.7 Å².